The molecule has 2 aromatic rings. The Bertz CT molecular complexity index is 706. The molecule has 1 N–H and O–H groups in total. The van der Waals surface area contributed by atoms with Crippen molar-refractivity contribution in [3.8, 4) is 5.75 Å². The second-order valence-electron chi connectivity index (χ2n) is 5.12. The molecule has 1 amide bonds. The highest BCUT2D eigenvalue weighted by atomic mass is 19.2. The minimum absolute atomic E-state index is 0.0825. The first kappa shape index (κ1) is 17.9. The van der Waals surface area contributed by atoms with Crippen molar-refractivity contribution in [2.24, 2.45) is 0 Å². The van der Waals surface area contributed by atoms with Crippen molar-refractivity contribution in [2.75, 3.05) is 11.9 Å². The minimum Gasteiger partial charge on any atom is -0.481 e. The Balaban J connectivity index is 2.02. The van der Waals surface area contributed by atoms with Crippen LogP contribution < -0.4 is 10.1 Å². The lowest BCUT2D eigenvalue weighted by molar-refractivity contribution is -0.122. The van der Waals surface area contributed by atoms with E-state index in [1.165, 1.54) is 13.0 Å². The normalized spacial score (nSPS) is 11.8. The van der Waals surface area contributed by atoms with Gasteiger partial charge in [0.05, 0.1) is 6.61 Å². The van der Waals surface area contributed by atoms with Gasteiger partial charge in [0, 0.05) is 23.9 Å². The summed E-state index contributed by atoms with van der Waals surface area (Å²) in [6.45, 7) is 4.37. The third-order valence-electron chi connectivity index (χ3n) is 3.31. The minimum atomic E-state index is -1.03. The van der Waals surface area contributed by atoms with Crippen LogP contribution in [-0.2, 0) is 16.1 Å². The van der Waals surface area contributed by atoms with Gasteiger partial charge in [-0.3, -0.25) is 4.79 Å². The largest absolute Gasteiger partial charge is 0.481 e. The molecule has 0 aliphatic carbocycles. The number of hydrogen-bond acceptors (Lipinski definition) is 3. The number of benzene rings is 2. The highest BCUT2D eigenvalue weighted by Gasteiger charge is 2.17. The van der Waals surface area contributed by atoms with E-state index in [9.17, 15) is 13.6 Å². The molecule has 0 aliphatic rings. The molecule has 0 spiro atoms. The average molecular weight is 335 g/mol. The van der Waals surface area contributed by atoms with E-state index < -0.39 is 23.6 Å². The fourth-order valence-corrected chi connectivity index (χ4v) is 2.02. The number of carbonyl (C=O) groups is 1. The smallest absolute Gasteiger partial charge is 0.265 e. The van der Waals surface area contributed by atoms with Gasteiger partial charge >= 0.3 is 0 Å². The van der Waals surface area contributed by atoms with Gasteiger partial charge < -0.3 is 14.8 Å². The molecule has 0 aliphatic heterocycles. The van der Waals surface area contributed by atoms with Gasteiger partial charge in [-0.1, -0.05) is 18.2 Å². The second-order valence-corrected chi connectivity index (χ2v) is 5.12. The Kier molecular flexibility index (Phi) is 6.26. The average Bonchev–Trinajstić information content (AvgIpc) is 2.57. The molecule has 128 valence electrons. The Morgan fingerprint density at radius 2 is 1.92 bits per heavy atom. The molecule has 4 nitrogen and oxygen atoms in total. The molecule has 0 bridgehead atoms. The Morgan fingerprint density at radius 3 is 2.62 bits per heavy atom. The van der Waals surface area contributed by atoms with Crippen LogP contribution in [-0.4, -0.2) is 18.6 Å². The number of nitrogens with one attached hydrogen (secondary N) is 1. The third-order valence-corrected chi connectivity index (χ3v) is 3.31. The van der Waals surface area contributed by atoms with Crippen LogP contribution in [0.25, 0.3) is 0 Å². The van der Waals surface area contributed by atoms with E-state index >= 15 is 0 Å². The van der Waals surface area contributed by atoms with E-state index in [1.807, 2.05) is 19.1 Å². The van der Waals surface area contributed by atoms with E-state index in [0.29, 0.717) is 18.9 Å². The molecule has 0 saturated heterocycles. The van der Waals surface area contributed by atoms with Crippen molar-refractivity contribution < 1.29 is 23.0 Å². The zero-order chi connectivity index (χ0) is 17.5. The number of para-hydroxylation sites is 1. The van der Waals surface area contributed by atoms with Gasteiger partial charge in [-0.15, -0.1) is 0 Å². The number of hydrogen-bond donors (Lipinski definition) is 1. The van der Waals surface area contributed by atoms with E-state index in [4.69, 9.17) is 9.47 Å². The first-order chi connectivity index (χ1) is 11.5. The SMILES string of the molecule is CCOCc1ccccc1NC(=O)C(C)Oc1ccc(F)c(F)c1. The predicted molar refractivity (Wildman–Crippen MR) is 86.8 cm³/mol. The lowest BCUT2D eigenvalue weighted by Crippen LogP contribution is -2.30. The summed E-state index contributed by atoms with van der Waals surface area (Å²) in [5.41, 5.74) is 1.46. The van der Waals surface area contributed by atoms with Crippen molar-refractivity contribution in [1.82, 2.24) is 0 Å². The van der Waals surface area contributed by atoms with Crippen molar-refractivity contribution in [3.63, 3.8) is 0 Å². The van der Waals surface area contributed by atoms with Crippen LogP contribution in [0.1, 0.15) is 19.4 Å². The summed E-state index contributed by atoms with van der Waals surface area (Å²) in [4.78, 5) is 12.2. The molecule has 0 fully saturated rings. The number of ether oxygens (including phenoxy) is 2. The molecule has 6 heteroatoms. The van der Waals surface area contributed by atoms with E-state index in [0.717, 1.165) is 17.7 Å². The molecule has 0 radical (unpaired) electrons. The molecule has 24 heavy (non-hydrogen) atoms. The summed E-state index contributed by atoms with van der Waals surface area (Å²) in [5.74, 6) is -2.31. The Hall–Kier alpha value is -2.47. The van der Waals surface area contributed by atoms with Crippen LogP contribution in [0, 0.1) is 11.6 Å². The van der Waals surface area contributed by atoms with Crippen molar-refractivity contribution in [3.05, 3.63) is 59.7 Å². The summed E-state index contributed by atoms with van der Waals surface area (Å²) in [6, 6.07) is 10.4. The summed E-state index contributed by atoms with van der Waals surface area (Å²) in [7, 11) is 0. The van der Waals surface area contributed by atoms with E-state index in [1.54, 1.807) is 12.1 Å². The molecule has 2 aromatic carbocycles. The molecule has 0 aromatic heterocycles. The second kappa shape index (κ2) is 8.40. The molecule has 2 rings (SSSR count). The van der Waals surface area contributed by atoms with Crippen molar-refractivity contribution in [2.45, 2.75) is 26.6 Å². The number of amides is 1. The lowest BCUT2D eigenvalue weighted by Gasteiger charge is -2.16. The summed E-state index contributed by atoms with van der Waals surface area (Å²) < 4.78 is 36.8. The van der Waals surface area contributed by atoms with Crippen LogP contribution in [0.2, 0.25) is 0 Å². The van der Waals surface area contributed by atoms with Crippen LogP contribution in [0.5, 0.6) is 5.75 Å². The first-order valence-electron chi connectivity index (χ1n) is 7.59. The summed E-state index contributed by atoms with van der Waals surface area (Å²) >= 11 is 0. The molecule has 0 saturated carbocycles. The number of anilines is 1. The van der Waals surface area contributed by atoms with Gasteiger partial charge in [-0.2, -0.15) is 0 Å². The quantitative estimate of drug-likeness (QED) is 0.834. The maximum Gasteiger partial charge on any atom is 0.265 e. The zero-order valence-electron chi connectivity index (χ0n) is 13.5. The highest BCUT2D eigenvalue weighted by Crippen LogP contribution is 2.19. The molecule has 1 atom stereocenters. The van der Waals surface area contributed by atoms with Crippen molar-refractivity contribution >= 4 is 11.6 Å². The highest BCUT2D eigenvalue weighted by molar-refractivity contribution is 5.94. The van der Waals surface area contributed by atoms with Gasteiger partial charge in [-0.25, -0.2) is 8.78 Å². The maximum absolute atomic E-state index is 13.2. The van der Waals surface area contributed by atoms with Gasteiger partial charge in [0.1, 0.15) is 5.75 Å². The van der Waals surface area contributed by atoms with E-state index in [-0.39, 0.29) is 5.75 Å². The lowest BCUT2D eigenvalue weighted by atomic mass is 10.2. The van der Waals surface area contributed by atoms with Gasteiger partial charge in [0.2, 0.25) is 0 Å². The standard InChI is InChI=1S/C18H19F2NO3/c1-3-23-11-13-6-4-5-7-17(13)21-18(22)12(2)24-14-8-9-15(19)16(20)10-14/h4-10,12H,3,11H2,1-2H3,(H,21,22). The monoisotopic (exact) mass is 335 g/mol. The molecule has 1 unspecified atom stereocenters. The van der Waals surface area contributed by atoms with Crippen molar-refractivity contribution in [1.29, 1.82) is 0 Å². The summed E-state index contributed by atoms with van der Waals surface area (Å²) in [6.07, 6.45) is -0.880. The van der Waals surface area contributed by atoms with E-state index in [2.05, 4.69) is 5.32 Å². The first-order valence-corrected chi connectivity index (χ1v) is 7.59. The van der Waals surface area contributed by atoms with Crippen LogP contribution in [0.3, 0.4) is 0 Å². The zero-order valence-corrected chi connectivity index (χ0v) is 13.5. The van der Waals surface area contributed by atoms with Crippen LogP contribution in [0.4, 0.5) is 14.5 Å². The number of rotatable bonds is 7. The fourth-order valence-electron chi connectivity index (χ4n) is 2.02. The molecular formula is C18H19F2NO3. The van der Waals surface area contributed by atoms with Crippen LogP contribution >= 0.6 is 0 Å². The topological polar surface area (TPSA) is 47.6 Å². The van der Waals surface area contributed by atoms with Crippen LogP contribution in [0.15, 0.2) is 42.5 Å². The van der Waals surface area contributed by atoms with Gasteiger partial charge in [-0.05, 0) is 32.0 Å². The van der Waals surface area contributed by atoms with Gasteiger partial charge in [0.15, 0.2) is 17.7 Å². The Morgan fingerprint density at radius 1 is 1.17 bits per heavy atom. The molecule has 0 heterocycles. The predicted octanol–water partition coefficient (Wildman–Crippen LogP) is 3.91. The number of carbonyl (C=O) groups excluding carboxylic acids is 1. The Labute approximate surface area is 139 Å². The molecular weight excluding hydrogens is 316 g/mol. The fraction of sp³-hybridized carbons (Fsp3) is 0.278. The number of halogens is 2. The third kappa shape index (κ3) is 4.76. The summed E-state index contributed by atoms with van der Waals surface area (Å²) in [5, 5.41) is 2.75. The van der Waals surface area contributed by atoms with Gasteiger partial charge in [0.25, 0.3) is 5.91 Å². The maximum atomic E-state index is 13.2.